The van der Waals surface area contributed by atoms with Gasteiger partial charge in [-0.2, -0.15) is 0 Å². The van der Waals surface area contributed by atoms with Gasteiger partial charge in [-0.1, -0.05) is 13.3 Å². The zero-order chi connectivity index (χ0) is 13.0. The summed E-state index contributed by atoms with van der Waals surface area (Å²) in [5.74, 6) is 0.0540. The van der Waals surface area contributed by atoms with Crippen LogP contribution in [0.1, 0.15) is 52.7 Å². The second kappa shape index (κ2) is 6.34. The number of amides is 1. The molecule has 3 N–H and O–H groups in total. The van der Waals surface area contributed by atoms with Crippen molar-refractivity contribution < 1.29 is 4.79 Å². The first-order chi connectivity index (χ1) is 8.74. The average molecular weight is 266 g/mol. The summed E-state index contributed by atoms with van der Waals surface area (Å²) in [5.41, 5.74) is 7.06. The maximum absolute atomic E-state index is 12.2. The Hall–Kier alpha value is -0.870. The number of hydrogen-bond acceptors (Lipinski definition) is 3. The van der Waals surface area contributed by atoms with Gasteiger partial charge in [0.15, 0.2) is 0 Å². The Bertz CT molecular complexity index is 390. The van der Waals surface area contributed by atoms with Crippen LogP contribution in [0.4, 0.5) is 0 Å². The number of hydrogen-bond donors (Lipinski definition) is 2. The van der Waals surface area contributed by atoms with Gasteiger partial charge in [0.05, 0.1) is 4.88 Å². The summed E-state index contributed by atoms with van der Waals surface area (Å²) in [6.45, 7) is 2.63. The summed E-state index contributed by atoms with van der Waals surface area (Å²) in [6, 6.07) is 2.19. The lowest BCUT2D eigenvalue weighted by Gasteiger charge is -2.14. The minimum atomic E-state index is 0.0540. The lowest BCUT2D eigenvalue weighted by molar-refractivity contribution is 0.0940. The van der Waals surface area contributed by atoms with Gasteiger partial charge >= 0.3 is 0 Å². The van der Waals surface area contributed by atoms with Crippen molar-refractivity contribution in [3.05, 3.63) is 21.4 Å². The van der Waals surface area contributed by atoms with E-state index in [1.54, 1.807) is 11.3 Å². The van der Waals surface area contributed by atoms with Crippen LogP contribution < -0.4 is 11.1 Å². The molecule has 4 heteroatoms. The molecule has 0 aliphatic heterocycles. The highest BCUT2D eigenvalue weighted by atomic mass is 32.1. The Kier molecular flexibility index (Phi) is 4.78. The van der Waals surface area contributed by atoms with Crippen molar-refractivity contribution in [1.29, 1.82) is 0 Å². The van der Waals surface area contributed by atoms with E-state index < -0.39 is 0 Å². The fourth-order valence-corrected chi connectivity index (χ4v) is 3.61. The van der Waals surface area contributed by atoms with Gasteiger partial charge in [0, 0.05) is 17.5 Å². The first-order valence-corrected chi connectivity index (χ1v) is 7.68. The first kappa shape index (κ1) is 13.6. The molecule has 1 aromatic heterocycles. The van der Waals surface area contributed by atoms with Gasteiger partial charge < -0.3 is 11.1 Å². The van der Waals surface area contributed by atoms with Gasteiger partial charge in [0.1, 0.15) is 0 Å². The van der Waals surface area contributed by atoms with Gasteiger partial charge in [0.25, 0.3) is 5.91 Å². The lowest BCUT2D eigenvalue weighted by Crippen LogP contribution is -2.39. The topological polar surface area (TPSA) is 55.1 Å². The molecule has 1 amide bonds. The molecule has 1 unspecified atom stereocenters. The van der Waals surface area contributed by atoms with Crippen LogP contribution in [-0.2, 0) is 12.8 Å². The number of nitrogens with two attached hydrogens (primary N) is 1. The summed E-state index contributed by atoms with van der Waals surface area (Å²) in [4.78, 5) is 14.4. The van der Waals surface area contributed by atoms with Gasteiger partial charge in [-0.15, -0.1) is 11.3 Å². The number of aryl methyl sites for hydroxylation is 2. The van der Waals surface area contributed by atoms with Crippen molar-refractivity contribution in [2.45, 2.75) is 51.5 Å². The Morgan fingerprint density at radius 1 is 1.50 bits per heavy atom. The van der Waals surface area contributed by atoms with Crippen molar-refractivity contribution in [3.8, 4) is 0 Å². The van der Waals surface area contributed by atoms with E-state index in [0.29, 0.717) is 6.54 Å². The highest BCUT2D eigenvalue weighted by Gasteiger charge is 2.18. The van der Waals surface area contributed by atoms with Crippen molar-refractivity contribution in [2.24, 2.45) is 5.73 Å². The maximum atomic E-state index is 12.2. The van der Waals surface area contributed by atoms with Crippen LogP contribution in [0.5, 0.6) is 0 Å². The van der Waals surface area contributed by atoms with Crippen LogP contribution in [0, 0.1) is 0 Å². The molecule has 1 heterocycles. The van der Waals surface area contributed by atoms with E-state index in [1.165, 1.54) is 23.3 Å². The van der Waals surface area contributed by atoms with Gasteiger partial charge in [-0.25, -0.2) is 0 Å². The Labute approximate surface area is 113 Å². The molecule has 0 saturated carbocycles. The summed E-state index contributed by atoms with van der Waals surface area (Å²) in [5, 5.41) is 3.04. The van der Waals surface area contributed by atoms with Crippen LogP contribution in [0.2, 0.25) is 0 Å². The zero-order valence-electron chi connectivity index (χ0n) is 11.0. The molecule has 1 aliphatic rings. The van der Waals surface area contributed by atoms with E-state index in [1.807, 2.05) is 0 Å². The number of carbonyl (C=O) groups is 1. The molecule has 1 aliphatic carbocycles. The molecule has 0 aromatic carbocycles. The minimum absolute atomic E-state index is 0.0540. The second-order valence-corrected chi connectivity index (χ2v) is 6.10. The molecule has 0 fully saturated rings. The number of nitrogens with one attached hydrogen (secondary N) is 1. The fraction of sp³-hybridized carbons (Fsp3) is 0.643. The average Bonchev–Trinajstić information content (AvgIpc) is 2.82. The number of thiophene rings is 1. The summed E-state index contributed by atoms with van der Waals surface area (Å²) >= 11 is 1.66. The van der Waals surface area contributed by atoms with Crippen LogP contribution in [0.25, 0.3) is 0 Å². The van der Waals surface area contributed by atoms with Gasteiger partial charge in [0.2, 0.25) is 0 Å². The second-order valence-electron chi connectivity index (χ2n) is 4.96. The van der Waals surface area contributed by atoms with Crippen LogP contribution >= 0.6 is 11.3 Å². The van der Waals surface area contributed by atoms with Crippen LogP contribution in [-0.4, -0.2) is 18.5 Å². The van der Waals surface area contributed by atoms with E-state index in [9.17, 15) is 4.79 Å². The monoisotopic (exact) mass is 266 g/mol. The van der Waals surface area contributed by atoms with E-state index in [4.69, 9.17) is 5.73 Å². The van der Waals surface area contributed by atoms with Crippen molar-refractivity contribution in [2.75, 3.05) is 6.54 Å². The highest BCUT2D eigenvalue weighted by molar-refractivity contribution is 7.14. The number of fused-ring (bicyclic) bond motifs is 1. The number of rotatable bonds is 5. The largest absolute Gasteiger partial charge is 0.347 e. The molecule has 18 heavy (non-hydrogen) atoms. The van der Waals surface area contributed by atoms with Gasteiger partial charge in [-0.3, -0.25) is 4.79 Å². The third kappa shape index (κ3) is 3.12. The molecule has 1 atom stereocenters. The minimum Gasteiger partial charge on any atom is -0.347 e. The molecule has 0 radical (unpaired) electrons. The Morgan fingerprint density at radius 3 is 2.94 bits per heavy atom. The summed E-state index contributed by atoms with van der Waals surface area (Å²) in [7, 11) is 0. The summed E-state index contributed by atoms with van der Waals surface area (Å²) < 4.78 is 0. The molecule has 0 saturated heterocycles. The Balaban J connectivity index is 2.02. The Morgan fingerprint density at radius 2 is 2.28 bits per heavy atom. The molecular formula is C14H22N2OS. The molecule has 2 rings (SSSR count). The molecule has 1 aromatic rings. The van der Waals surface area contributed by atoms with Crippen molar-refractivity contribution >= 4 is 17.2 Å². The van der Waals surface area contributed by atoms with Crippen molar-refractivity contribution in [3.63, 3.8) is 0 Å². The molecule has 3 nitrogen and oxygen atoms in total. The quantitative estimate of drug-likeness (QED) is 0.860. The zero-order valence-corrected chi connectivity index (χ0v) is 11.8. The van der Waals surface area contributed by atoms with Crippen LogP contribution in [0.15, 0.2) is 6.07 Å². The predicted octanol–water partition coefficient (Wildman–Crippen LogP) is 2.48. The first-order valence-electron chi connectivity index (χ1n) is 6.87. The number of carbonyl (C=O) groups excluding carboxylic acids is 1. The molecule has 0 spiro atoms. The van der Waals surface area contributed by atoms with E-state index in [0.717, 1.165) is 30.6 Å². The van der Waals surface area contributed by atoms with Gasteiger partial charge in [-0.05, 0) is 43.7 Å². The smallest absolute Gasteiger partial charge is 0.261 e. The maximum Gasteiger partial charge on any atom is 0.261 e. The lowest BCUT2D eigenvalue weighted by atomic mass is 9.99. The predicted molar refractivity (Wildman–Crippen MR) is 76.2 cm³/mol. The third-order valence-corrected chi connectivity index (χ3v) is 4.71. The van der Waals surface area contributed by atoms with E-state index >= 15 is 0 Å². The highest BCUT2D eigenvalue weighted by Crippen LogP contribution is 2.29. The standard InChI is InChI=1S/C14H22N2OS/c1-2-5-11(9-15)16-14(17)13-8-10-6-3-4-7-12(10)18-13/h8,11H,2-7,9,15H2,1H3,(H,16,17). The normalized spacial score (nSPS) is 16.1. The third-order valence-electron chi connectivity index (χ3n) is 3.48. The fourth-order valence-electron chi connectivity index (χ4n) is 2.46. The van der Waals surface area contributed by atoms with E-state index in [2.05, 4.69) is 18.3 Å². The molecule has 0 bridgehead atoms. The van der Waals surface area contributed by atoms with Crippen LogP contribution in [0.3, 0.4) is 0 Å². The molecular weight excluding hydrogens is 244 g/mol. The SMILES string of the molecule is CCCC(CN)NC(=O)c1cc2c(s1)CCCC2. The van der Waals surface area contributed by atoms with E-state index in [-0.39, 0.29) is 11.9 Å². The summed E-state index contributed by atoms with van der Waals surface area (Å²) in [6.07, 6.45) is 6.79. The van der Waals surface area contributed by atoms with Crippen molar-refractivity contribution in [1.82, 2.24) is 5.32 Å². The molecule has 100 valence electrons.